The molecule has 0 heterocycles. The van der Waals surface area contributed by atoms with Gasteiger partial charge in [-0.15, -0.1) is 0 Å². The van der Waals surface area contributed by atoms with Crippen LogP contribution in [0.2, 0.25) is 0 Å². The Balaban J connectivity index is 2.40. The van der Waals surface area contributed by atoms with E-state index in [9.17, 15) is 9.59 Å². The third-order valence-electron chi connectivity index (χ3n) is 1.71. The molecular formula is C10H13N3O3. The highest BCUT2D eigenvalue weighted by atomic mass is 16.5. The van der Waals surface area contributed by atoms with Gasteiger partial charge in [0.15, 0.2) is 6.61 Å². The number of amides is 3. The molecule has 0 saturated heterocycles. The van der Waals surface area contributed by atoms with Crippen molar-refractivity contribution in [3.63, 3.8) is 0 Å². The van der Waals surface area contributed by atoms with Gasteiger partial charge < -0.3 is 15.8 Å². The average molecular weight is 223 g/mol. The molecule has 4 N–H and O–H groups in total. The van der Waals surface area contributed by atoms with Gasteiger partial charge in [0.25, 0.3) is 5.91 Å². The second-order valence-electron chi connectivity index (χ2n) is 2.99. The third-order valence-corrected chi connectivity index (χ3v) is 1.71. The van der Waals surface area contributed by atoms with Crippen molar-refractivity contribution < 1.29 is 14.3 Å². The number of benzene rings is 1. The first-order valence-corrected chi connectivity index (χ1v) is 4.61. The number of urea groups is 1. The fourth-order valence-corrected chi connectivity index (χ4v) is 0.978. The van der Waals surface area contributed by atoms with Crippen molar-refractivity contribution in [3.8, 4) is 5.75 Å². The maximum absolute atomic E-state index is 11.1. The number of hydrogen-bond acceptors (Lipinski definition) is 4. The van der Waals surface area contributed by atoms with E-state index in [0.717, 1.165) is 0 Å². The number of ether oxygens (including phenoxy) is 1. The number of nitrogen functional groups attached to an aromatic ring is 1. The minimum atomic E-state index is -0.568. The van der Waals surface area contributed by atoms with Crippen molar-refractivity contribution >= 4 is 17.6 Å². The molecule has 0 aliphatic carbocycles. The van der Waals surface area contributed by atoms with Gasteiger partial charge in [0, 0.05) is 18.8 Å². The lowest BCUT2D eigenvalue weighted by atomic mass is 10.3. The van der Waals surface area contributed by atoms with Crippen molar-refractivity contribution in [1.29, 1.82) is 0 Å². The van der Waals surface area contributed by atoms with Crippen LogP contribution in [0.15, 0.2) is 24.3 Å². The molecule has 0 aliphatic heterocycles. The molecule has 0 atom stereocenters. The molecular weight excluding hydrogens is 210 g/mol. The molecule has 1 rings (SSSR count). The Hall–Kier alpha value is -2.24. The van der Waals surface area contributed by atoms with Crippen LogP contribution in [-0.2, 0) is 4.79 Å². The lowest BCUT2D eigenvalue weighted by molar-refractivity contribution is -0.122. The summed E-state index contributed by atoms with van der Waals surface area (Å²) in [7, 11) is 1.42. The minimum absolute atomic E-state index is 0.239. The van der Waals surface area contributed by atoms with Crippen molar-refractivity contribution in [2.75, 3.05) is 19.4 Å². The van der Waals surface area contributed by atoms with Crippen molar-refractivity contribution in [2.45, 2.75) is 0 Å². The number of rotatable bonds is 3. The summed E-state index contributed by atoms with van der Waals surface area (Å²) >= 11 is 0. The van der Waals surface area contributed by atoms with E-state index in [0.29, 0.717) is 11.4 Å². The van der Waals surface area contributed by atoms with E-state index < -0.39 is 11.9 Å². The third kappa shape index (κ3) is 3.87. The van der Waals surface area contributed by atoms with Crippen molar-refractivity contribution in [2.24, 2.45) is 0 Å². The summed E-state index contributed by atoms with van der Waals surface area (Å²) in [5, 5.41) is 4.33. The summed E-state index contributed by atoms with van der Waals surface area (Å²) in [5.74, 6) is -0.0474. The first-order chi connectivity index (χ1) is 7.61. The Morgan fingerprint density at radius 1 is 1.44 bits per heavy atom. The van der Waals surface area contributed by atoms with Crippen LogP contribution in [0.4, 0.5) is 10.5 Å². The number of carbonyl (C=O) groups excluding carboxylic acids is 2. The van der Waals surface area contributed by atoms with E-state index in [-0.39, 0.29) is 6.61 Å². The Morgan fingerprint density at radius 2 is 2.19 bits per heavy atom. The number of nitrogens with two attached hydrogens (primary N) is 1. The quantitative estimate of drug-likeness (QED) is 0.634. The van der Waals surface area contributed by atoms with Crippen LogP contribution in [0.1, 0.15) is 0 Å². The van der Waals surface area contributed by atoms with Crippen LogP contribution >= 0.6 is 0 Å². The standard InChI is InChI=1S/C10H13N3O3/c1-12-10(15)13-9(14)6-16-8-4-2-3-7(11)5-8/h2-5H,6,11H2,1H3,(H2,12,13,14,15). The van der Waals surface area contributed by atoms with E-state index in [2.05, 4.69) is 10.6 Å². The maximum Gasteiger partial charge on any atom is 0.321 e. The number of carbonyl (C=O) groups is 2. The van der Waals surface area contributed by atoms with Crippen LogP contribution in [-0.4, -0.2) is 25.6 Å². The number of nitrogens with one attached hydrogen (secondary N) is 2. The molecule has 0 saturated carbocycles. The van der Waals surface area contributed by atoms with Gasteiger partial charge in [0.05, 0.1) is 0 Å². The smallest absolute Gasteiger partial charge is 0.321 e. The molecule has 0 aromatic heterocycles. The zero-order valence-electron chi connectivity index (χ0n) is 8.82. The highest BCUT2D eigenvalue weighted by Crippen LogP contribution is 2.13. The fourth-order valence-electron chi connectivity index (χ4n) is 0.978. The zero-order chi connectivity index (χ0) is 12.0. The van der Waals surface area contributed by atoms with Crippen molar-refractivity contribution in [1.82, 2.24) is 10.6 Å². The highest BCUT2D eigenvalue weighted by molar-refractivity contribution is 5.94. The predicted molar refractivity (Wildman–Crippen MR) is 58.9 cm³/mol. The van der Waals surface area contributed by atoms with E-state index in [4.69, 9.17) is 10.5 Å². The molecule has 3 amide bonds. The maximum atomic E-state index is 11.1. The Kier molecular flexibility index (Phi) is 4.14. The molecule has 0 spiro atoms. The van der Waals surface area contributed by atoms with Crippen LogP contribution in [0.5, 0.6) is 5.75 Å². The highest BCUT2D eigenvalue weighted by Gasteiger charge is 2.06. The molecule has 0 aliphatic rings. The van der Waals surface area contributed by atoms with Gasteiger partial charge in [-0.2, -0.15) is 0 Å². The normalized spacial score (nSPS) is 9.31. The number of anilines is 1. The predicted octanol–water partition coefficient (Wildman–Crippen LogP) is 0.103. The summed E-state index contributed by atoms with van der Waals surface area (Å²) < 4.78 is 5.12. The fraction of sp³-hybridized carbons (Fsp3) is 0.200. The topological polar surface area (TPSA) is 93.5 Å². The average Bonchev–Trinajstić information content (AvgIpc) is 2.26. The largest absolute Gasteiger partial charge is 0.484 e. The van der Waals surface area contributed by atoms with Gasteiger partial charge in [-0.25, -0.2) is 4.79 Å². The molecule has 0 unspecified atom stereocenters. The summed E-state index contributed by atoms with van der Waals surface area (Å²) in [6.45, 7) is -0.239. The Bertz CT molecular complexity index is 393. The van der Waals surface area contributed by atoms with E-state index in [1.165, 1.54) is 7.05 Å². The second-order valence-corrected chi connectivity index (χ2v) is 2.99. The monoisotopic (exact) mass is 223 g/mol. The zero-order valence-corrected chi connectivity index (χ0v) is 8.82. The van der Waals surface area contributed by atoms with Crippen LogP contribution < -0.4 is 21.1 Å². The first-order valence-electron chi connectivity index (χ1n) is 4.61. The summed E-state index contributed by atoms with van der Waals surface area (Å²) in [4.78, 5) is 21.9. The van der Waals surface area contributed by atoms with Gasteiger partial charge in [-0.05, 0) is 12.1 Å². The van der Waals surface area contributed by atoms with E-state index >= 15 is 0 Å². The minimum Gasteiger partial charge on any atom is -0.484 e. The molecule has 0 radical (unpaired) electrons. The lowest BCUT2D eigenvalue weighted by Gasteiger charge is -2.06. The Morgan fingerprint density at radius 3 is 2.81 bits per heavy atom. The number of hydrogen-bond donors (Lipinski definition) is 3. The van der Waals surface area contributed by atoms with Gasteiger partial charge in [0.2, 0.25) is 0 Å². The van der Waals surface area contributed by atoms with Crippen LogP contribution in [0.3, 0.4) is 0 Å². The molecule has 6 nitrogen and oxygen atoms in total. The van der Waals surface area contributed by atoms with E-state index in [1.807, 2.05) is 0 Å². The molecule has 86 valence electrons. The van der Waals surface area contributed by atoms with Crippen LogP contribution in [0.25, 0.3) is 0 Å². The van der Waals surface area contributed by atoms with Gasteiger partial charge >= 0.3 is 6.03 Å². The van der Waals surface area contributed by atoms with Gasteiger partial charge in [-0.3, -0.25) is 10.1 Å². The summed E-state index contributed by atoms with van der Waals surface area (Å²) in [6, 6.07) is 6.11. The molecule has 16 heavy (non-hydrogen) atoms. The lowest BCUT2D eigenvalue weighted by Crippen LogP contribution is -2.39. The Labute approximate surface area is 92.8 Å². The van der Waals surface area contributed by atoms with Gasteiger partial charge in [0.1, 0.15) is 5.75 Å². The first kappa shape index (κ1) is 11.8. The summed E-state index contributed by atoms with van der Waals surface area (Å²) in [5.41, 5.74) is 6.07. The number of imide groups is 1. The SMILES string of the molecule is CNC(=O)NC(=O)COc1cccc(N)c1. The molecule has 1 aromatic carbocycles. The molecule has 6 heteroatoms. The van der Waals surface area contributed by atoms with Crippen molar-refractivity contribution in [3.05, 3.63) is 24.3 Å². The molecule has 0 fully saturated rings. The molecule has 1 aromatic rings. The summed E-state index contributed by atoms with van der Waals surface area (Å²) in [6.07, 6.45) is 0. The van der Waals surface area contributed by atoms with Crippen LogP contribution in [0, 0.1) is 0 Å². The van der Waals surface area contributed by atoms with E-state index in [1.54, 1.807) is 24.3 Å². The second kappa shape index (κ2) is 5.59. The van der Waals surface area contributed by atoms with Gasteiger partial charge in [-0.1, -0.05) is 6.07 Å². The molecule has 0 bridgehead atoms.